The molecule has 2 heterocycles. The summed E-state index contributed by atoms with van der Waals surface area (Å²) < 4.78 is 2.30. The normalized spacial score (nSPS) is 15.4. The molecule has 4 nitrogen and oxygen atoms in total. The van der Waals surface area contributed by atoms with E-state index < -0.39 is 0 Å². The van der Waals surface area contributed by atoms with Gasteiger partial charge in [-0.15, -0.1) is 11.3 Å². The van der Waals surface area contributed by atoms with Gasteiger partial charge in [0.05, 0.1) is 22.5 Å². The summed E-state index contributed by atoms with van der Waals surface area (Å²) in [6.45, 7) is 1.45. The van der Waals surface area contributed by atoms with Crippen LogP contribution in [0, 0.1) is 5.92 Å². The van der Waals surface area contributed by atoms with Crippen LogP contribution in [0.2, 0.25) is 0 Å². The van der Waals surface area contributed by atoms with Crippen LogP contribution in [0.1, 0.15) is 54.0 Å². The van der Waals surface area contributed by atoms with Crippen LogP contribution >= 0.6 is 11.3 Å². The van der Waals surface area contributed by atoms with E-state index in [4.69, 9.17) is 4.98 Å². The molecular weight excluding hydrogens is 342 g/mol. The van der Waals surface area contributed by atoms with Gasteiger partial charge in [-0.2, -0.15) is 0 Å². The molecule has 1 saturated carbocycles. The summed E-state index contributed by atoms with van der Waals surface area (Å²) in [6, 6.07) is 12.0. The first-order valence-electron chi connectivity index (χ1n) is 9.57. The molecule has 1 aliphatic carbocycles. The van der Waals surface area contributed by atoms with Crippen LogP contribution in [-0.2, 0) is 13.1 Å². The van der Waals surface area contributed by atoms with Gasteiger partial charge in [-0.1, -0.05) is 50.3 Å². The maximum atomic E-state index is 12.3. The number of nitrogens with one attached hydrogen (secondary N) is 1. The van der Waals surface area contributed by atoms with E-state index in [1.807, 2.05) is 23.6 Å². The Balaban J connectivity index is 1.50. The number of carbonyl (C=O) groups is 1. The highest BCUT2D eigenvalue weighted by atomic mass is 32.1. The van der Waals surface area contributed by atoms with E-state index >= 15 is 0 Å². The minimum atomic E-state index is -0.0223. The standard InChI is InChI=1S/C21H25N3OS/c25-21(19-11-6-14-26-19)22-15-20-23-17-9-4-5-10-18(17)24(20)13-12-16-7-2-1-3-8-16/h4-6,9-11,14,16H,1-3,7-8,12-13,15H2,(H,22,25). The number of nitrogens with zero attached hydrogens (tertiary/aromatic N) is 2. The Morgan fingerprint density at radius 2 is 2.00 bits per heavy atom. The molecular formula is C21H25N3OS. The first kappa shape index (κ1) is 17.3. The monoisotopic (exact) mass is 367 g/mol. The second kappa shape index (κ2) is 8.04. The molecule has 1 fully saturated rings. The molecule has 26 heavy (non-hydrogen) atoms. The van der Waals surface area contributed by atoms with Gasteiger partial charge in [0.2, 0.25) is 0 Å². The number of amides is 1. The fourth-order valence-corrected chi connectivity index (χ4v) is 4.59. The number of thiophene rings is 1. The predicted molar refractivity (Wildman–Crippen MR) is 106 cm³/mol. The molecule has 0 unspecified atom stereocenters. The average molecular weight is 368 g/mol. The Kier molecular flexibility index (Phi) is 5.34. The Bertz CT molecular complexity index is 863. The van der Waals surface area contributed by atoms with Gasteiger partial charge in [-0.25, -0.2) is 4.98 Å². The van der Waals surface area contributed by atoms with Crippen molar-refractivity contribution in [1.29, 1.82) is 0 Å². The summed E-state index contributed by atoms with van der Waals surface area (Å²) in [5, 5.41) is 4.95. The Hall–Kier alpha value is -2.14. The lowest BCUT2D eigenvalue weighted by Gasteiger charge is -2.22. The summed E-state index contributed by atoms with van der Waals surface area (Å²) in [4.78, 5) is 17.8. The van der Waals surface area contributed by atoms with Gasteiger partial charge in [-0.3, -0.25) is 4.79 Å². The first-order valence-corrected chi connectivity index (χ1v) is 10.4. The largest absolute Gasteiger partial charge is 0.344 e. The second-order valence-corrected chi connectivity index (χ2v) is 8.07. The van der Waals surface area contributed by atoms with Crippen LogP contribution in [0.5, 0.6) is 0 Å². The van der Waals surface area contributed by atoms with Crippen molar-refractivity contribution in [3.8, 4) is 0 Å². The summed E-state index contributed by atoms with van der Waals surface area (Å²) in [5.74, 6) is 1.76. The van der Waals surface area contributed by atoms with Crippen LogP contribution < -0.4 is 5.32 Å². The first-order chi connectivity index (χ1) is 12.8. The van der Waals surface area contributed by atoms with Gasteiger partial charge >= 0.3 is 0 Å². The molecule has 1 aliphatic rings. The summed E-state index contributed by atoms with van der Waals surface area (Å²) >= 11 is 1.47. The number of rotatable bonds is 6. The highest BCUT2D eigenvalue weighted by molar-refractivity contribution is 7.12. The van der Waals surface area contributed by atoms with Crippen LogP contribution in [0.3, 0.4) is 0 Å². The van der Waals surface area contributed by atoms with Crippen LogP contribution in [-0.4, -0.2) is 15.5 Å². The molecule has 1 N–H and O–H groups in total. The number of para-hydroxylation sites is 2. The molecule has 1 aromatic carbocycles. The number of benzene rings is 1. The van der Waals surface area contributed by atoms with Gasteiger partial charge in [0.1, 0.15) is 5.82 Å². The minimum absolute atomic E-state index is 0.0223. The van der Waals surface area contributed by atoms with Gasteiger partial charge in [0.25, 0.3) is 5.91 Å². The van der Waals surface area contributed by atoms with Crippen molar-refractivity contribution in [3.63, 3.8) is 0 Å². The number of aryl methyl sites for hydroxylation is 1. The number of fused-ring (bicyclic) bond motifs is 1. The van der Waals surface area contributed by atoms with Crippen molar-refractivity contribution in [2.75, 3.05) is 0 Å². The van der Waals surface area contributed by atoms with Crippen molar-refractivity contribution in [2.45, 2.75) is 51.6 Å². The van der Waals surface area contributed by atoms with E-state index in [0.29, 0.717) is 6.54 Å². The minimum Gasteiger partial charge on any atom is -0.344 e. The number of carbonyl (C=O) groups excluding carboxylic acids is 1. The summed E-state index contributed by atoms with van der Waals surface area (Å²) in [5.41, 5.74) is 2.18. The Morgan fingerprint density at radius 3 is 2.81 bits per heavy atom. The molecule has 0 aliphatic heterocycles. The molecule has 0 spiro atoms. The third-order valence-corrected chi connectivity index (χ3v) is 6.24. The molecule has 0 bridgehead atoms. The van der Waals surface area contributed by atoms with Crippen LogP contribution in [0.25, 0.3) is 11.0 Å². The molecule has 0 atom stereocenters. The smallest absolute Gasteiger partial charge is 0.261 e. The van der Waals surface area contributed by atoms with Gasteiger partial charge in [0.15, 0.2) is 0 Å². The Morgan fingerprint density at radius 1 is 1.15 bits per heavy atom. The van der Waals surface area contributed by atoms with E-state index in [1.165, 1.54) is 55.4 Å². The quantitative estimate of drug-likeness (QED) is 0.666. The Labute approximate surface area is 158 Å². The van der Waals surface area contributed by atoms with Gasteiger partial charge < -0.3 is 9.88 Å². The molecule has 3 aromatic rings. The maximum absolute atomic E-state index is 12.3. The predicted octanol–water partition coefficient (Wildman–Crippen LogP) is 5.00. The topological polar surface area (TPSA) is 46.9 Å². The SMILES string of the molecule is O=C(NCc1nc2ccccc2n1CCC1CCCCC1)c1cccs1. The third-order valence-electron chi connectivity index (χ3n) is 5.37. The molecule has 1 amide bonds. The van der Waals surface area contributed by atoms with E-state index in [1.54, 1.807) is 0 Å². The lowest BCUT2D eigenvalue weighted by Crippen LogP contribution is -2.24. The number of aromatic nitrogens is 2. The maximum Gasteiger partial charge on any atom is 0.261 e. The van der Waals surface area contributed by atoms with Gasteiger partial charge in [-0.05, 0) is 35.9 Å². The summed E-state index contributed by atoms with van der Waals surface area (Å²) in [7, 11) is 0. The highest BCUT2D eigenvalue weighted by Gasteiger charge is 2.16. The summed E-state index contributed by atoms with van der Waals surface area (Å²) in [6.07, 6.45) is 8.06. The van der Waals surface area contributed by atoms with Crippen LogP contribution in [0.15, 0.2) is 41.8 Å². The molecule has 136 valence electrons. The van der Waals surface area contributed by atoms with Crippen molar-refractivity contribution in [1.82, 2.24) is 14.9 Å². The van der Waals surface area contributed by atoms with E-state index in [9.17, 15) is 4.79 Å². The van der Waals surface area contributed by atoms with Crippen molar-refractivity contribution in [3.05, 3.63) is 52.5 Å². The fourth-order valence-electron chi connectivity index (χ4n) is 3.95. The zero-order chi connectivity index (χ0) is 17.8. The number of hydrogen-bond donors (Lipinski definition) is 1. The van der Waals surface area contributed by atoms with E-state index in [-0.39, 0.29) is 5.91 Å². The zero-order valence-corrected chi connectivity index (χ0v) is 15.8. The van der Waals surface area contributed by atoms with Crippen molar-refractivity contribution < 1.29 is 4.79 Å². The zero-order valence-electron chi connectivity index (χ0n) is 15.0. The molecule has 5 heteroatoms. The third kappa shape index (κ3) is 3.83. The highest BCUT2D eigenvalue weighted by Crippen LogP contribution is 2.27. The van der Waals surface area contributed by atoms with E-state index in [0.717, 1.165) is 28.7 Å². The lowest BCUT2D eigenvalue weighted by atomic mass is 9.87. The van der Waals surface area contributed by atoms with E-state index in [2.05, 4.69) is 28.1 Å². The second-order valence-electron chi connectivity index (χ2n) is 7.12. The lowest BCUT2D eigenvalue weighted by molar-refractivity contribution is 0.0953. The molecule has 0 radical (unpaired) electrons. The van der Waals surface area contributed by atoms with Gasteiger partial charge in [0, 0.05) is 6.54 Å². The molecule has 0 saturated heterocycles. The average Bonchev–Trinajstić information content (AvgIpc) is 3.33. The fraction of sp³-hybridized carbons (Fsp3) is 0.429. The van der Waals surface area contributed by atoms with Crippen LogP contribution in [0.4, 0.5) is 0 Å². The number of hydrogen-bond acceptors (Lipinski definition) is 3. The van der Waals surface area contributed by atoms with Crippen molar-refractivity contribution >= 4 is 28.3 Å². The van der Waals surface area contributed by atoms with Crippen molar-refractivity contribution in [2.24, 2.45) is 5.92 Å². The molecule has 4 rings (SSSR count). The number of imidazole rings is 1. The molecule has 2 aromatic heterocycles.